The molecule has 0 aliphatic carbocycles. The molecule has 3 atom stereocenters. The Kier molecular flexibility index (Phi) is 13.7. The first-order valence-electron chi connectivity index (χ1n) is 9.50. The van der Waals surface area contributed by atoms with Crippen LogP contribution in [0.15, 0.2) is 0 Å². The van der Waals surface area contributed by atoms with Crippen LogP contribution in [0.3, 0.4) is 0 Å². The average Bonchev–Trinajstić information content (AvgIpc) is 2.53. The van der Waals surface area contributed by atoms with Crippen LogP contribution >= 0.6 is 0 Å². The molecule has 138 valence electrons. The van der Waals surface area contributed by atoms with Crippen molar-refractivity contribution in [3.8, 4) is 0 Å². The maximum Gasteiger partial charge on any atom is 0.153 e. The van der Waals surface area contributed by atoms with Crippen molar-refractivity contribution in [3.63, 3.8) is 0 Å². The minimum Gasteiger partial charge on any atom is -0.393 e. The van der Waals surface area contributed by atoms with E-state index in [4.69, 9.17) is 10.5 Å². The molecule has 0 heterocycles. The lowest BCUT2D eigenvalue weighted by Crippen LogP contribution is -2.49. The van der Waals surface area contributed by atoms with Gasteiger partial charge < -0.3 is 20.4 Å². The number of ether oxygens (including phenoxy) is 1. The molecule has 23 heavy (non-hydrogen) atoms. The SMILES string of the molecule is CCCCCCCC(N)C(C)(C=O)OCCCCCCC(C)O. The number of aliphatic hydroxyl groups is 1. The first-order chi connectivity index (χ1) is 11.0. The van der Waals surface area contributed by atoms with Gasteiger partial charge in [0.2, 0.25) is 0 Å². The fourth-order valence-electron chi connectivity index (χ4n) is 2.67. The fourth-order valence-corrected chi connectivity index (χ4v) is 2.67. The Bertz CT molecular complexity index is 284. The molecular weight excluding hydrogens is 290 g/mol. The van der Waals surface area contributed by atoms with Crippen molar-refractivity contribution in [2.24, 2.45) is 5.73 Å². The number of aliphatic hydroxyl groups excluding tert-OH is 1. The maximum atomic E-state index is 11.4. The van der Waals surface area contributed by atoms with Gasteiger partial charge in [0.05, 0.1) is 6.10 Å². The standard InChI is InChI=1S/C19H39NO3/c1-4-5-6-7-11-14-18(20)19(3,16-21)23-15-12-9-8-10-13-17(2)22/h16-18,22H,4-15,20H2,1-3H3. The molecule has 0 aromatic rings. The fraction of sp³-hybridized carbons (Fsp3) is 0.947. The Morgan fingerprint density at radius 3 is 2.17 bits per heavy atom. The Morgan fingerprint density at radius 1 is 1.04 bits per heavy atom. The molecule has 3 unspecified atom stereocenters. The largest absolute Gasteiger partial charge is 0.393 e. The summed E-state index contributed by atoms with van der Waals surface area (Å²) < 4.78 is 5.80. The number of unbranched alkanes of at least 4 members (excludes halogenated alkanes) is 7. The zero-order chi connectivity index (χ0) is 17.6. The van der Waals surface area contributed by atoms with E-state index in [0.29, 0.717) is 6.61 Å². The number of nitrogens with two attached hydrogens (primary N) is 1. The van der Waals surface area contributed by atoms with Gasteiger partial charge in [0.25, 0.3) is 0 Å². The maximum absolute atomic E-state index is 11.4. The van der Waals surface area contributed by atoms with E-state index in [9.17, 15) is 9.90 Å². The highest BCUT2D eigenvalue weighted by atomic mass is 16.5. The molecule has 0 fully saturated rings. The Hall–Kier alpha value is -0.450. The summed E-state index contributed by atoms with van der Waals surface area (Å²) in [7, 11) is 0. The molecule has 0 saturated heterocycles. The van der Waals surface area contributed by atoms with Gasteiger partial charge in [0, 0.05) is 12.6 Å². The van der Waals surface area contributed by atoms with E-state index in [1.807, 2.05) is 13.8 Å². The molecule has 0 saturated carbocycles. The van der Waals surface area contributed by atoms with Crippen molar-refractivity contribution in [2.75, 3.05) is 6.61 Å². The molecular formula is C19H39NO3. The number of rotatable bonds is 16. The molecule has 0 rings (SSSR count). The number of hydrogen-bond donors (Lipinski definition) is 2. The monoisotopic (exact) mass is 329 g/mol. The summed E-state index contributed by atoms with van der Waals surface area (Å²) in [6.45, 7) is 6.41. The van der Waals surface area contributed by atoms with Crippen molar-refractivity contribution < 1.29 is 14.6 Å². The van der Waals surface area contributed by atoms with Crippen LogP contribution in [-0.4, -0.2) is 35.7 Å². The Labute approximate surface area is 143 Å². The Balaban J connectivity index is 3.83. The predicted octanol–water partition coefficient (Wildman–Crippen LogP) is 3.98. The van der Waals surface area contributed by atoms with Crippen LogP contribution in [0.25, 0.3) is 0 Å². The zero-order valence-corrected chi connectivity index (χ0v) is 15.6. The molecule has 0 amide bonds. The lowest BCUT2D eigenvalue weighted by atomic mass is 9.93. The van der Waals surface area contributed by atoms with E-state index >= 15 is 0 Å². The number of hydrogen-bond acceptors (Lipinski definition) is 4. The lowest BCUT2D eigenvalue weighted by Gasteiger charge is -2.30. The summed E-state index contributed by atoms with van der Waals surface area (Å²) in [4.78, 5) is 11.4. The number of carbonyl (C=O) groups excluding carboxylic acids is 1. The molecule has 0 aliphatic rings. The Morgan fingerprint density at radius 2 is 1.61 bits per heavy atom. The first-order valence-corrected chi connectivity index (χ1v) is 9.50. The van der Waals surface area contributed by atoms with Gasteiger partial charge in [-0.15, -0.1) is 0 Å². The summed E-state index contributed by atoms with van der Waals surface area (Å²) in [6.07, 6.45) is 12.5. The highest BCUT2D eigenvalue weighted by Gasteiger charge is 2.31. The molecule has 0 aliphatic heterocycles. The minimum absolute atomic E-state index is 0.208. The molecule has 4 nitrogen and oxygen atoms in total. The molecule has 0 aromatic carbocycles. The van der Waals surface area contributed by atoms with Crippen LogP contribution in [-0.2, 0) is 9.53 Å². The van der Waals surface area contributed by atoms with Crippen LogP contribution < -0.4 is 5.73 Å². The minimum atomic E-state index is -0.857. The molecule has 0 radical (unpaired) electrons. The quantitative estimate of drug-likeness (QED) is 0.332. The van der Waals surface area contributed by atoms with E-state index in [1.165, 1.54) is 25.7 Å². The van der Waals surface area contributed by atoms with Crippen LogP contribution in [0.5, 0.6) is 0 Å². The normalized spacial score (nSPS) is 16.7. The first kappa shape index (κ1) is 22.6. The number of aldehydes is 1. The molecule has 0 bridgehead atoms. The van der Waals surface area contributed by atoms with E-state index < -0.39 is 5.60 Å². The summed E-state index contributed by atoms with van der Waals surface area (Å²) >= 11 is 0. The summed E-state index contributed by atoms with van der Waals surface area (Å²) in [6, 6.07) is -0.225. The van der Waals surface area contributed by atoms with Gasteiger partial charge in [-0.25, -0.2) is 0 Å². The summed E-state index contributed by atoms with van der Waals surface area (Å²) in [5, 5.41) is 9.20. The summed E-state index contributed by atoms with van der Waals surface area (Å²) in [5.74, 6) is 0. The van der Waals surface area contributed by atoms with Crippen LogP contribution in [0, 0.1) is 0 Å². The average molecular weight is 330 g/mol. The van der Waals surface area contributed by atoms with Gasteiger partial charge in [-0.1, -0.05) is 58.3 Å². The smallest absolute Gasteiger partial charge is 0.153 e. The van der Waals surface area contributed by atoms with Gasteiger partial charge in [-0.05, 0) is 33.1 Å². The molecule has 0 aromatic heterocycles. The second kappa shape index (κ2) is 13.9. The van der Waals surface area contributed by atoms with Crippen molar-refractivity contribution >= 4 is 6.29 Å². The second-order valence-electron chi connectivity index (χ2n) is 7.01. The highest BCUT2D eigenvalue weighted by molar-refractivity contribution is 5.63. The molecule has 3 N–H and O–H groups in total. The topological polar surface area (TPSA) is 72.6 Å². The summed E-state index contributed by atoms with van der Waals surface area (Å²) in [5.41, 5.74) is 5.33. The van der Waals surface area contributed by atoms with Gasteiger partial charge in [-0.3, -0.25) is 0 Å². The van der Waals surface area contributed by atoms with Crippen molar-refractivity contribution in [3.05, 3.63) is 0 Å². The third-order valence-electron chi connectivity index (χ3n) is 4.52. The van der Waals surface area contributed by atoms with E-state index in [1.54, 1.807) is 0 Å². The van der Waals surface area contributed by atoms with Gasteiger partial charge in [0.1, 0.15) is 5.60 Å². The van der Waals surface area contributed by atoms with Crippen LogP contribution in [0.2, 0.25) is 0 Å². The van der Waals surface area contributed by atoms with E-state index in [-0.39, 0.29) is 12.1 Å². The van der Waals surface area contributed by atoms with Gasteiger partial charge in [0.15, 0.2) is 6.29 Å². The zero-order valence-electron chi connectivity index (χ0n) is 15.6. The van der Waals surface area contributed by atoms with Gasteiger partial charge in [-0.2, -0.15) is 0 Å². The number of carbonyl (C=O) groups is 1. The van der Waals surface area contributed by atoms with E-state index in [0.717, 1.165) is 51.2 Å². The van der Waals surface area contributed by atoms with Crippen molar-refractivity contribution in [1.82, 2.24) is 0 Å². The predicted molar refractivity (Wildman–Crippen MR) is 96.5 cm³/mol. The third-order valence-corrected chi connectivity index (χ3v) is 4.52. The highest BCUT2D eigenvalue weighted by Crippen LogP contribution is 2.18. The van der Waals surface area contributed by atoms with Crippen LogP contribution in [0.1, 0.15) is 91.4 Å². The van der Waals surface area contributed by atoms with Gasteiger partial charge >= 0.3 is 0 Å². The molecule has 0 spiro atoms. The van der Waals surface area contributed by atoms with E-state index in [2.05, 4.69) is 6.92 Å². The second-order valence-corrected chi connectivity index (χ2v) is 7.01. The lowest BCUT2D eigenvalue weighted by molar-refractivity contribution is -0.132. The van der Waals surface area contributed by atoms with Crippen LogP contribution in [0.4, 0.5) is 0 Å². The van der Waals surface area contributed by atoms with Crippen molar-refractivity contribution in [1.29, 1.82) is 0 Å². The third kappa shape index (κ3) is 11.7. The van der Waals surface area contributed by atoms with Crippen molar-refractivity contribution in [2.45, 2.75) is 109 Å². The molecule has 4 heteroatoms.